The molecule has 2 heterocycles. The van der Waals surface area contributed by atoms with E-state index in [-0.39, 0.29) is 11.6 Å². The third-order valence-corrected chi connectivity index (χ3v) is 15.0. The van der Waals surface area contributed by atoms with Crippen LogP contribution in [0.1, 0.15) is 0 Å². The summed E-state index contributed by atoms with van der Waals surface area (Å²) in [4.78, 5) is 4.62. The minimum atomic E-state index is -0.254. The molecule has 0 fully saturated rings. The second-order valence-electron chi connectivity index (χ2n) is 19.7. The Kier molecular flexibility index (Phi) is 11.5. The van der Waals surface area contributed by atoms with Crippen molar-refractivity contribution in [3.05, 3.63) is 303 Å². The molecule has 14 rings (SSSR count). The molecule has 0 amide bonds. The van der Waals surface area contributed by atoms with Crippen molar-refractivity contribution in [2.75, 3.05) is 9.80 Å². The Labute approximate surface area is 450 Å². The third kappa shape index (κ3) is 8.33. The molecule has 0 spiro atoms. The van der Waals surface area contributed by atoms with Crippen molar-refractivity contribution in [2.45, 2.75) is 0 Å². The Balaban J connectivity index is 0.841. The minimum Gasteiger partial charge on any atom is -0.310 e. The van der Waals surface area contributed by atoms with Gasteiger partial charge in [-0.05, 0) is 179 Å². The Morgan fingerprint density at radius 1 is 0.218 bits per heavy atom. The van der Waals surface area contributed by atoms with Crippen LogP contribution in [-0.4, -0.2) is 9.13 Å². The largest absolute Gasteiger partial charge is 0.310 e. The van der Waals surface area contributed by atoms with Crippen LogP contribution >= 0.6 is 0 Å². The fourth-order valence-electron chi connectivity index (χ4n) is 11.3. The molecule has 0 radical (unpaired) electrons. The molecule has 0 N–H and O–H groups in total. The number of hydrogen-bond acceptors (Lipinski definition) is 2. The topological polar surface area (TPSA) is 16.3 Å². The van der Waals surface area contributed by atoms with Gasteiger partial charge in [0.15, 0.2) is 0 Å². The van der Waals surface area contributed by atoms with Gasteiger partial charge in [0.1, 0.15) is 11.6 Å². The summed E-state index contributed by atoms with van der Waals surface area (Å²) in [7, 11) is 0. The molecule has 14 aromatic rings. The SMILES string of the molecule is Fc1ccc(-c2ccc(N(c3ccc(-c4ccc(N(c5ccc(-c6ccc(F)cc6)cc5)c5ccc6c(c5)c5ccccc5n6-c5ccccc5)cc4)cc3)c3ccc4c(c3)c3ccccc3n4-c3ccccc3)cc2)cc1. The molecule has 0 aliphatic carbocycles. The zero-order valence-electron chi connectivity index (χ0n) is 42.3. The van der Waals surface area contributed by atoms with Gasteiger partial charge in [-0.15, -0.1) is 0 Å². The molecule has 370 valence electrons. The highest BCUT2D eigenvalue weighted by Gasteiger charge is 2.21. The van der Waals surface area contributed by atoms with Crippen LogP contribution in [0.15, 0.2) is 291 Å². The van der Waals surface area contributed by atoms with Crippen molar-refractivity contribution >= 4 is 77.7 Å². The van der Waals surface area contributed by atoms with Gasteiger partial charge in [-0.3, -0.25) is 0 Å². The van der Waals surface area contributed by atoms with Crippen molar-refractivity contribution < 1.29 is 8.78 Å². The van der Waals surface area contributed by atoms with Gasteiger partial charge in [0.2, 0.25) is 0 Å². The van der Waals surface area contributed by atoms with E-state index in [1.807, 2.05) is 24.3 Å². The van der Waals surface area contributed by atoms with E-state index in [2.05, 4.69) is 262 Å². The molecule has 4 nitrogen and oxygen atoms in total. The van der Waals surface area contributed by atoms with E-state index >= 15 is 0 Å². The van der Waals surface area contributed by atoms with Crippen LogP contribution in [0.4, 0.5) is 42.9 Å². The lowest BCUT2D eigenvalue weighted by Crippen LogP contribution is -2.10. The Hall–Kier alpha value is -10.3. The molecule has 2 aromatic heterocycles. The fourth-order valence-corrected chi connectivity index (χ4v) is 11.3. The summed E-state index contributed by atoms with van der Waals surface area (Å²) in [5, 5.41) is 4.68. The molecule has 0 aliphatic heterocycles. The maximum atomic E-state index is 13.9. The van der Waals surface area contributed by atoms with E-state index in [0.717, 1.165) is 112 Å². The molecule has 0 saturated carbocycles. The van der Waals surface area contributed by atoms with Crippen molar-refractivity contribution in [3.8, 4) is 44.8 Å². The lowest BCUT2D eigenvalue weighted by atomic mass is 10.0. The molecule has 0 unspecified atom stereocenters. The van der Waals surface area contributed by atoms with Crippen molar-refractivity contribution in [3.63, 3.8) is 0 Å². The number of aromatic nitrogens is 2. The summed E-state index contributed by atoms with van der Waals surface area (Å²) in [5.74, 6) is -0.508. The number of benzene rings is 12. The Morgan fingerprint density at radius 3 is 0.795 bits per heavy atom. The average molecular weight is 1010 g/mol. The maximum absolute atomic E-state index is 13.9. The highest BCUT2D eigenvalue weighted by molar-refractivity contribution is 6.12. The molecule has 0 aliphatic rings. The number of para-hydroxylation sites is 4. The monoisotopic (exact) mass is 1010 g/mol. The number of halogens is 2. The van der Waals surface area contributed by atoms with Crippen molar-refractivity contribution in [2.24, 2.45) is 0 Å². The summed E-state index contributed by atoms with van der Waals surface area (Å²) >= 11 is 0. The number of nitrogens with zero attached hydrogens (tertiary/aromatic N) is 4. The average Bonchev–Trinajstić information content (AvgIpc) is 4.25. The lowest BCUT2D eigenvalue weighted by molar-refractivity contribution is 0.627. The van der Waals surface area contributed by atoms with Crippen LogP contribution in [0.25, 0.3) is 88.4 Å². The van der Waals surface area contributed by atoms with Crippen LogP contribution < -0.4 is 9.80 Å². The summed E-state index contributed by atoms with van der Waals surface area (Å²) < 4.78 is 32.6. The molecule has 6 heteroatoms. The van der Waals surface area contributed by atoms with Gasteiger partial charge in [-0.1, -0.05) is 146 Å². The van der Waals surface area contributed by atoms with Gasteiger partial charge in [0, 0.05) is 67.0 Å². The second-order valence-corrected chi connectivity index (χ2v) is 19.7. The molecule has 12 aromatic carbocycles. The van der Waals surface area contributed by atoms with Gasteiger partial charge in [-0.25, -0.2) is 8.78 Å². The number of hydrogen-bond donors (Lipinski definition) is 0. The lowest BCUT2D eigenvalue weighted by Gasteiger charge is -2.27. The zero-order valence-corrected chi connectivity index (χ0v) is 42.3. The molecule has 0 saturated heterocycles. The third-order valence-electron chi connectivity index (χ3n) is 15.0. The number of anilines is 6. The fraction of sp³-hybridized carbons (Fsp3) is 0. The van der Waals surface area contributed by atoms with E-state index in [1.165, 1.54) is 35.0 Å². The molecular formula is C72H48F2N4. The van der Waals surface area contributed by atoms with Crippen LogP contribution in [0.2, 0.25) is 0 Å². The highest BCUT2D eigenvalue weighted by atomic mass is 19.1. The van der Waals surface area contributed by atoms with Crippen LogP contribution in [-0.2, 0) is 0 Å². The summed E-state index contributed by atoms with van der Waals surface area (Å²) in [6.45, 7) is 0. The summed E-state index contributed by atoms with van der Waals surface area (Å²) in [6.07, 6.45) is 0. The number of rotatable bonds is 11. The minimum absolute atomic E-state index is 0.254. The Morgan fingerprint density at radius 2 is 0.474 bits per heavy atom. The van der Waals surface area contributed by atoms with E-state index < -0.39 is 0 Å². The first-order chi connectivity index (χ1) is 38.5. The molecule has 78 heavy (non-hydrogen) atoms. The summed E-state index contributed by atoms with van der Waals surface area (Å²) in [5.41, 5.74) is 19.0. The first-order valence-corrected chi connectivity index (χ1v) is 26.2. The quantitative estimate of drug-likeness (QED) is 0.128. The van der Waals surface area contributed by atoms with Gasteiger partial charge in [-0.2, -0.15) is 0 Å². The standard InChI is InChI=1S/C72H48F2N4/c73-55-31-19-49(20-32-55)51-23-35-59(36-24-51)75(63-43-45-71-67(47-63)65-15-7-9-17-69(65)77(71)57-11-3-1-4-12-57)61-39-27-53(28-40-61)54-29-41-62(42-30-54)76(60-37-25-52(26-38-60)50-21-33-56(74)34-22-50)64-44-46-72-68(48-64)66-16-8-10-18-70(66)78(72)58-13-5-2-6-14-58/h1-48H. The normalized spacial score (nSPS) is 11.5. The van der Waals surface area contributed by atoms with E-state index in [9.17, 15) is 8.78 Å². The predicted molar refractivity (Wildman–Crippen MR) is 321 cm³/mol. The van der Waals surface area contributed by atoms with E-state index in [0.29, 0.717) is 0 Å². The first-order valence-electron chi connectivity index (χ1n) is 26.2. The Bertz CT molecular complexity index is 4160. The van der Waals surface area contributed by atoms with Gasteiger partial charge in [0.05, 0.1) is 22.1 Å². The molecular weight excluding hydrogens is 959 g/mol. The van der Waals surface area contributed by atoms with Crippen molar-refractivity contribution in [1.29, 1.82) is 0 Å². The molecule has 0 atom stereocenters. The first kappa shape index (κ1) is 46.2. The highest BCUT2D eigenvalue weighted by Crippen LogP contribution is 2.43. The number of fused-ring (bicyclic) bond motifs is 6. The van der Waals surface area contributed by atoms with Crippen LogP contribution in [0.5, 0.6) is 0 Å². The zero-order chi connectivity index (χ0) is 52.1. The van der Waals surface area contributed by atoms with Crippen LogP contribution in [0.3, 0.4) is 0 Å². The van der Waals surface area contributed by atoms with Crippen molar-refractivity contribution in [1.82, 2.24) is 9.13 Å². The predicted octanol–water partition coefficient (Wildman–Crippen LogP) is 20.1. The van der Waals surface area contributed by atoms with Gasteiger partial charge >= 0.3 is 0 Å². The van der Waals surface area contributed by atoms with Crippen LogP contribution in [0, 0.1) is 11.6 Å². The summed E-state index contributed by atoms with van der Waals surface area (Å²) in [6, 6.07) is 99.7. The van der Waals surface area contributed by atoms with E-state index in [1.54, 1.807) is 0 Å². The van der Waals surface area contributed by atoms with Gasteiger partial charge in [0.25, 0.3) is 0 Å². The second kappa shape index (κ2) is 19.4. The smallest absolute Gasteiger partial charge is 0.123 e. The maximum Gasteiger partial charge on any atom is 0.123 e. The van der Waals surface area contributed by atoms with Gasteiger partial charge < -0.3 is 18.9 Å². The molecule has 0 bridgehead atoms. The van der Waals surface area contributed by atoms with E-state index in [4.69, 9.17) is 0 Å².